The van der Waals surface area contributed by atoms with Crippen molar-refractivity contribution in [3.05, 3.63) is 28.5 Å². The summed E-state index contributed by atoms with van der Waals surface area (Å²) in [5.41, 5.74) is 5.62. The third kappa shape index (κ3) is 4.02. The van der Waals surface area contributed by atoms with Gasteiger partial charge in [0.2, 0.25) is 10.0 Å². The van der Waals surface area contributed by atoms with Gasteiger partial charge in [-0.3, -0.25) is 0 Å². The summed E-state index contributed by atoms with van der Waals surface area (Å²) < 4.78 is 39.1. The molecule has 0 aliphatic carbocycles. The molecule has 7 heteroatoms. The smallest absolute Gasteiger partial charge is 0.241 e. The molecule has 0 saturated heterocycles. The Morgan fingerprint density at radius 3 is 2.71 bits per heavy atom. The summed E-state index contributed by atoms with van der Waals surface area (Å²) in [6.07, 6.45) is 0.674. The van der Waals surface area contributed by atoms with Gasteiger partial charge in [0.25, 0.3) is 0 Å². The van der Waals surface area contributed by atoms with Gasteiger partial charge >= 0.3 is 0 Å². The fourth-order valence-corrected chi connectivity index (χ4v) is 3.27. The molecule has 1 unspecified atom stereocenters. The monoisotopic (exact) mass is 324 g/mol. The summed E-state index contributed by atoms with van der Waals surface area (Å²) in [6, 6.07) is 3.18. The maximum absolute atomic E-state index is 12.8. The largest absolute Gasteiger partial charge is 0.327 e. The molecule has 0 spiro atoms. The van der Waals surface area contributed by atoms with Gasteiger partial charge in [-0.25, -0.2) is 17.5 Å². The van der Waals surface area contributed by atoms with Gasteiger partial charge in [-0.1, -0.05) is 6.92 Å². The second-order valence-electron chi connectivity index (χ2n) is 3.59. The molecule has 0 amide bonds. The van der Waals surface area contributed by atoms with E-state index in [2.05, 4.69) is 20.7 Å². The van der Waals surface area contributed by atoms with E-state index in [9.17, 15) is 12.8 Å². The first-order chi connectivity index (χ1) is 7.86. The van der Waals surface area contributed by atoms with Gasteiger partial charge in [-0.15, -0.1) is 0 Å². The predicted molar refractivity (Wildman–Crippen MR) is 67.6 cm³/mol. The number of hydrogen-bond acceptors (Lipinski definition) is 3. The minimum absolute atomic E-state index is 0.00204. The molecule has 4 nitrogen and oxygen atoms in total. The van der Waals surface area contributed by atoms with E-state index < -0.39 is 15.8 Å². The normalized spacial score (nSPS) is 13.6. The van der Waals surface area contributed by atoms with Gasteiger partial charge < -0.3 is 5.73 Å². The van der Waals surface area contributed by atoms with Gasteiger partial charge in [0.05, 0.1) is 4.90 Å². The zero-order valence-electron chi connectivity index (χ0n) is 9.28. The molecule has 1 rings (SSSR count). The highest BCUT2D eigenvalue weighted by Crippen LogP contribution is 2.22. The summed E-state index contributed by atoms with van der Waals surface area (Å²) in [6.45, 7) is 2.02. The van der Waals surface area contributed by atoms with Crippen molar-refractivity contribution in [2.75, 3.05) is 6.54 Å². The van der Waals surface area contributed by atoms with Gasteiger partial charge in [-0.05, 0) is 40.5 Å². The number of nitrogens with one attached hydrogen (secondary N) is 1. The van der Waals surface area contributed by atoms with E-state index in [4.69, 9.17) is 5.73 Å². The third-order valence-electron chi connectivity index (χ3n) is 2.24. The van der Waals surface area contributed by atoms with Crippen LogP contribution in [0.15, 0.2) is 27.6 Å². The number of sulfonamides is 1. The van der Waals surface area contributed by atoms with Crippen LogP contribution >= 0.6 is 15.9 Å². The van der Waals surface area contributed by atoms with E-state index in [1.807, 2.05) is 6.92 Å². The maximum Gasteiger partial charge on any atom is 0.241 e. The first-order valence-corrected chi connectivity index (χ1v) is 7.34. The highest BCUT2D eigenvalue weighted by atomic mass is 79.9. The van der Waals surface area contributed by atoms with Crippen molar-refractivity contribution < 1.29 is 12.8 Å². The topological polar surface area (TPSA) is 72.2 Å². The summed E-state index contributed by atoms with van der Waals surface area (Å²) in [5, 5.41) is 0. The Morgan fingerprint density at radius 1 is 1.53 bits per heavy atom. The quantitative estimate of drug-likeness (QED) is 0.864. The molecule has 17 heavy (non-hydrogen) atoms. The Morgan fingerprint density at radius 2 is 2.18 bits per heavy atom. The minimum Gasteiger partial charge on any atom is -0.327 e. The zero-order chi connectivity index (χ0) is 13.1. The summed E-state index contributed by atoms with van der Waals surface area (Å²) >= 11 is 3.02. The Bertz CT molecular complexity index is 493. The number of nitrogens with two attached hydrogens (primary N) is 1. The van der Waals surface area contributed by atoms with Crippen LogP contribution in [0.25, 0.3) is 0 Å². The van der Waals surface area contributed by atoms with Crippen LogP contribution < -0.4 is 10.5 Å². The molecule has 0 bridgehead atoms. The number of hydrogen-bond donors (Lipinski definition) is 2. The van der Waals surface area contributed by atoms with Crippen molar-refractivity contribution in [3.63, 3.8) is 0 Å². The molecule has 0 heterocycles. The van der Waals surface area contributed by atoms with Crippen molar-refractivity contribution in [1.29, 1.82) is 0 Å². The second kappa shape index (κ2) is 5.90. The summed E-state index contributed by atoms with van der Waals surface area (Å²) in [5.74, 6) is -0.499. The molecule has 0 aliphatic rings. The van der Waals surface area contributed by atoms with Crippen LogP contribution in [0, 0.1) is 5.82 Å². The lowest BCUT2D eigenvalue weighted by Crippen LogP contribution is -2.36. The van der Waals surface area contributed by atoms with Gasteiger partial charge in [-0.2, -0.15) is 0 Å². The molecule has 0 radical (unpaired) electrons. The van der Waals surface area contributed by atoms with E-state index in [1.165, 1.54) is 6.07 Å². The van der Waals surface area contributed by atoms with E-state index in [0.717, 1.165) is 12.1 Å². The fourth-order valence-electron chi connectivity index (χ4n) is 1.13. The SMILES string of the molecule is CCC(N)CNS(=O)(=O)c1ccc(F)cc1Br. The Kier molecular flexibility index (Phi) is 5.05. The molecule has 1 atom stereocenters. The number of benzene rings is 1. The molecule has 1 aromatic rings. The van der Waals surface area contributed by atoms with Crippen LogP contribution in [-0.2, 0) is 10.0 Å². The first-order valence-electron chi connectivity index (χ1n) is 5.07. The molecule has 96 valence electrons. The molecular weight excluding hydrogens is 311 g/mol. The highest BCUT2D eigenvalue weighted by molar-refractivity contribution is 9.10. The maximum atomic E-state index is 12.8. The highest BCUT2D eigenvalue weighted by Gasteiger charge is 2.18. The average Bonchev–Trinajstić information content (AvgIpc) is 2.25. The standard InChI is InChI=1S/C10H14BrFN2O2S/c1-2-8(13)6-14-17(15,16)10-4-3-7(12)5-9(10)11/h3-5,8,14H,2,6,13H2,1H3. The Hall–Kier alpha value is -0.500. The van der Waals surface area contributed by atoms with Gasteiger partial charge in [0.15, 0.2) is 0 Å². The second-order valence-corrected chi connectivity index (χ2v) is 6.18. The Labute approximate surface area is 109 Å². The molecule has 3 N–H and O–H groups in total. The van der Waals surface area contributed by atoms with Gasteiger partial charge in [0, 0.05) is 17.1 Å². The van der Waals surface area contributed by atoms with Crippen LogP contribution in [-0.4, -0.2) is 21.0 Å². The zero-order valence-corrected chi connectivity index (χ0v) is 11.7. The van der Waals surface area contributed by atoms with Crippen molar-refractivity contribution in [2.45, 2.75) is 24.3 Å². The molecule has 0 aliphatic heterocycles. The summed E-state index contributed by atoms with van der Waals surface area (Å²) in [7, 11) is -3.66. The lowest BCUT2D eigenvalue weighted by Gasteiger charge is -2.12. The Balaban J connectivity index is 2.90. The average molecular weight is 325 g/mol. The molecule has 0 fully saturated rings. The van der Waals surface area contributed by atoms with Crippen LogP contribution in [0.2, 0.25) is 0 Å². The lowest BCUT2D eigenvalue weighted by atomic mass is 10.2. The fraction of sp³-hybridized carbons (Fsp3) is 0.400. The molecular formula is C10H14BrFN2O2S. The van der Waals surface area contributed by atoms with Crippen LogP contribution in [0.1, 0.15) is 13.3 Å². The van der Waals surface area contributed by atoms with Crippen molar-refractivity contribution in [3.8, 4) is 0 Å². The summed E-state index contributed by atoms with van der Waals surface area (Å²) in [4.78, 5) is 0.00204. The van der Waals surface area contributed by atoms with Crippen LogP contribution in [0.4, 0.5) is 4.39 Å². The van der Waals surface area contributed by atoms with Crippen molar-refractivity contribution in [1.82, 2.24) is 4.72 Å². The molecule has 0 saturated carbocycles. The number of rotatable bonds is 5. The minimum atomic E-state index is -3.66. The molecule has 1 aromatic carbocycles. The van der Waals surface area contributed by atoms with Crippen molar-refractivity contribution in [2.24, 2.45) is 5.73 Å². The van der Waals surface area contributed by atoms with E-state index in [0.29, 0.717) is 6.42 Å². The van der Waals surface area contributed by atoms with E-state index in [-0.39, 0.29) is 22.0 Å². The predicted octanol–water partition coefficient (Wildman–Crippen LogP) is 1.60. The van der Waals surface area contributed by atoms with E-state index in [1.54, 1.807) is 0 Å². The van der Waals surface area contributed by atoms with Crippen LogP contribution in [0.3, 0.4) is 0 Å². The van der Waals surface area contributed by atoms with E-state index >= 15 is 0 Å². The molecule has 0 aromatic heterocycles. The lowest BCUT2D eigenvalue weighted by molar-refractivity contribution is 0.563. The van der Waals surface area contributed by atoms with Crippen molar-refractivity contribution >= 4 is 26.0 Å². The number of halogens is 2. The third-order valence-corrected chi connectivity index (χ3v) is 4.64. The van der Waals surface area contributed by atoms with Gasteiger partial charge in [0.1, 0.15) is 5.82 Å². The van der Waals surface area contributed by atoms with Crippen LogP contribution in [0.5, 0.6) is 0 Å². The first kappa shape index (κ1) is 14.6.